The Morgan fingerprint density at radius 3 is 2.62 bits per heavy atom. The number of halogens is 1. The summed E-state index contributed by atoms with van der Waals surface area (Å²) in [5.41, 5.74) is 0.831. The molecule has 0 amide bonds. The molecule has 1 rings (SSSR count). The third-order valence-electron chi connectivity index (χ3n) is 2.53. The molecule has 0 aromatic carbocycles. The van der Waals surface area contributed by atoms with Gasteiger partial charge in [-0.25, -0.2) is 4.39 Å². The molecule has 0 radical (unpaired) electrons. The molecule has 86 valence electrons. The van der Waals surface area contributed by atoms with Gasteiger partial charge in [-0.2, -0.15) is 0 Å². The minimum atomic E-state index is -0.317. The van der Waals surface area contributed by atoms with Crippen LogP contribution in [0.25, 0.3) is 0 Å². The van der Waals surface area contributed by atoms with E-state index < -0.39 is 0 Å². The normalized spacial score (nSPS) is 14.1. The number of nitrogens with zero attached hydrogens (tertiary/aromatic N) is 1. The van der Waals surface area contributed by atoms with Crippen LogP contribution < -0.4 is 5.32 Å². The van der Waals surface area contributed by atoms with Crippen LogP contribution in [-0.2, 0) is 0 Å². The topological polar surface area (TPSA) is 24.9 Å². The number of nitrogens with one attached hydrogen (secondary N) is 1. The summed E-state index contributed by atoms with van der Waals surface area (Å²) in [5.74, 6) is 2.37. The Morgan fingerprint density at radius 2 is 2.19 bits per heavy atom. The first-order chi connectivity index (χ1) is 7.71. The first-order valence-electron chi connectivity index (χ1n) is 5.54. The van der Waals surface area contributed by atoms with Crippen molar-refractivity contribution in [3.8, 4) is 12.3 Å². The molecule has 16 heavy (non-hydrogen) atoms. The minimum Gasteiger partial charge on any atom is -0.295 e. The van der Waals surface area contributed by atoms with E-state index in [0.717, 1.165) is 18.5 Å². The summed E-state index contributed by atoms with van der Waals surface area (Å²) in [4.78, 5) is 4.06. The van der Waals surface area contributed by atoms with E-state index >= 15 is 0 Å². The van der Waals surface area contributed by atoms with Crippen molar-refractivity contribution in [2.24, 2.45) is 0 Å². The molecule has 0 saturated heterocycles. The maximum atomic E-state index is 12.7. The number of rotatable bonds is 5. The van der Waals surface area contributed by atoms with Gasteiger partial charge < -0.3 is 0 Å². The molecule has 0 aliphatic heterocycles. The summed E-state index contributed by atoms with van der Waals surface area (Å²) >= 11 is 0. The lowest BCUT2D eigenvalue weighted by Crippen LogP contribution is -2.31. The largest absolute Gasteiger partial charge is 0.295 e. The highest BCUT2D eigenvalue weighted by molar-refractivity contribution is 5.11. The van der Waals surface area contributed by atoms with E-state index in [0.29, 0.717) is 0 Å². The molecule has 3 heteroatoms. The van der Waals surface area contributed by atoms with Gasteiger partial charge in [0.25, 0.3) is 0 Å². The minimum absolute atomic E-state index is 0.0387. The molecule has 0 aliphatic carbocycles. The van der Waals surface area contributed by atoms with Gasteiger partial charge in [0.1, 0.15) is 5.82 Å². The van der Waals surface area contributed by atoms with E-state index in [4.69, 9.17) is 6.42 Å². The number of aromatic nitrogens is 1. The van der Waals surface area contributed by atoms with Gasteiger partial charge in [-0.3, -0.25) is 10.3 Å². The van der Waals surface area contributed by atoms with E-state index in [1.54, 1.807) is 6.07 Å². The number of pyridine rings is 1. The zero-order chi connectivity index (χ0) is 12.0. The third kappa shape index (κ3) is 3.32. The Labute approximate surface area is 96.3 Å². The molecule has 1 aromatic heterocycles. The number of hydrogen-bond donors (Lipinski definition) is 1. The maximum absolute atomic E-state index is 12.7. The second-order valence-electron chi connectivity index (χ2n) is 3.66. The van der Waals surface area contributed by atoms with E-state index in [2.05, 4.69) is 16.2 Å². The maximum Gasteiger partial charge on any atom is 0.141 e. The fraction of sp³-hybridized carbons (Fsp3) is 0.462. The first-order valence-corrected chi connectivity index (χ1v) is 5.54. The summed E-state index contributed by atoms with van der Waals surface area (Å²) < 4.78 is 12.7. The monoisotopic (exact) mass is 220 g/mol. The molecule has 1 N–H and O–H groups in total. The highest BCUT2D eigenvalue weighted by Gasteiger charge is 2.13. The summed E-state index contributed by atoms with van der Waals surface area (Å²) in [6.45, 7) is 4.08. The molecule has 2 nitrogen and oxygen atoms in total. The predicted molar refractivity (Wildman–Crippen MR) is 63.3 cm³/mol. The molecule has 0 aliphatic rings. The van der Waals surface area contributed by atoms with E-state index in [1.165, 1.54) is 12.3 Å². The first kappa shape index (κ1) is 12.7. The van der Waals surface area contributed by atoms with Crippen molar-refractivity contribution in [1.82, 2.24) is 10.3 Å². The van der Waals surface area contributed by atoms with Gasteiger partial charge in [0, 0.05) is 0 Å². The second kappa shape index (κ2) is 6.24. The van der Waals surface area contributed by atoms with Gasteiger partial charge in [0.2, 0.25) is 0 Å². The van der Waals surface area contributed by atoms with Crippen LogP contribution in [-0.4, -0.2) is 11.0 Å². The summed E-state index contributed by atoms with van der Waals surface area (Å²) in [6.07, 6.45) is 8.37. The third-order valence-corrected chi connectivity index (χ3v) is 2.53. The van der Waals surface area contributed by atoms with Crippen LogP contribution in [0.4, 0.5) is 4.39 Å². The van der Waals surface area contributed by atoms with Gasteiger partial charge in [0.15, 0.2) is 0 Å². The molecular weight excluding hydrogens is 203 g/mol. The molecule has 0 bridgehead atoms. The fourth-order valence-corrected chi connectivity index (χ4v) is 1.53. The van der Waals surface area contributed by atoms with Crippen molar-refractivity contribution in [3.05, 3.63) is 29.8 Å². The molecule has 1 aromatic rings. The van der Waals surface area contributed by atoms with Crippen molar-refractivity contribution in [2.75, 3.05) is 0 Å². The Kier molecular flexibility index (Phi) is 4.94. The van der Waals surface area contributed by atoms with Crippen LogP contribution in [0.15, 0.2) is 18.3 Å². The van der Waals surface area contributed by atoms with Crippen LogP contribution in [0.5, 0.6) is 0 Å². The van der Waals surface area contributed by atoms with Gasteiger partial charge in [0.05, 0.1) is 24.0 Å². The average molecular weight is 220 g/mol. The zero-order valence-corrected chi connectivity index (χ0v) is 9.70. The average Bonchev–Trinajstić information content (AvgIpc) is 2.32. The van der Waals surface area contributed by atoms with Crippen molar-refractivity contribution in [3.63, 3.8) is 0 Å². The second-order valence-corrected chi connectivity index (χ2v) is 3.66. The van der Waals surface area contributed by atoms with Crippen LogP contribution in [0.2, 0.25) is 0 Å². The standard InChI is InChI=1S/C13H17FN2/c1-4-11(5-2)16-12(6-3)13-8-7-10(14)9-15-13/h1,7-9,11-12,16H,5-6H2,2-3H3. The quantitative estimate of drug-likeness (QED) is 0.772. The van der Waals surface area contributed by atoms with E-state index in [9.17, 15) is 4.39 Å². The molecule has 0 saturated carbocycles. The summed E-state index contributed by atoms with van der Waals surface area (Å²) in [5, 5.41) is 3.32. The lowest BCUT2D eigenvalue weighted by molar-refractivity contribution is 0.462. The van der Waals surface area contributed by atoms with Gasteiger partial charge in [-0.1, -0.05) is 19.8 Å². The zero-order valence-electron chi connectivity index (χ0n) is 9.70. The lowest BCUT2D eigenvalue weighted by atomic mass is 10.1. The van der Waals surface area contributed by atoms with Crippen LogP contribution in [0.1, 0.15) is 38.4 Å². The van der Waals surface area contributed by atoms with Crippen molar-refractivity contribution < 1.29 is 4.39 Å². The summed E-state index contributed by atoms with van der Waals surface area (Å²) in [7, 11) is 0. The SMILES string of the molecule is C#CC(CC)NC(CC)c1ccc(F)cn1. The molecule has 2 atom stereocenters. The van der Waals surface area contributed by atoms with E-state index in [-0.39, 0.29) is 17.9 Å². The molecule has 0 fully saturated rings. The Balaban J connectivity index is 2.75. The van der Waals surface area contributed by atoms with Gasteiger partial charge in [-0.05, 0) is 25.0 Å². The molecule has 1 heterocycles. The van der Waals surface area contributed by atoms with Crippen LogP contribution >= 0.6 is 0 Å². The highest BCUT2D eigenvalue weighted by atomic mass is 19.1. The van der Waals surface area contributed by atoms with Crippen LogP contribution in [0.3, 0.4) is 0 Å². The smallest absolute Gasteiger partial charge is 0.141 e. The van der Waals surface area contributed by atoms with Crippen LogP contribution in [0, 0.1) is 18.2 Å². The highest BCUT2D eigenvalue weighted by Crippen LogP contribution is 2.15. The van der Waals surface area contributed by atoms with Crippen molar-refractivity contribution in [1.29, 1.82) is 0 Å². The number of terminal acetylenes is 1. The Bertz CT molecular complexity index is 353. The predicted octanol–water partition coefficient (Wildman–Crippen LogP) is 2.67. The van der Waals surface area contributed by atoms with Gasteiger partial charge in [-0.15, -0.1) is 6.42 Å². The van der Waals surface area contributed by atoms with Gasteiger partial charge >= 0.3 is 0 Å². The summed E-state index contributed by atoms with van der Waals surface area (Å²) in [6, 6.07) is 3.24. The molecule has 2 unspecified atom stereocenters. The van der Waals surface area contributed by atoms with Crippen molar-refractivity contribution in [2.45, 2.75) is 38.8 Å². The molecular formula is C13H17FN2. The number of hydrogen-bond acceptors (Lipinski definition) is 2. The van der Waals surface area contributed by atoms with E-state index in [1.807, 2.05) is 13.8 Å². The Hall–Kier alpha value is -1.40. The Morgan fingerprint density at radius 1 is 1.44 bits per heavy atom. The molecule has 0 spiro atoms. The van der Waals surface area contributed by atoms with Crippen molar-refractivity contribution >= 4 is 0 Å². The lowest BCUT2D eigenvalue weighted by Gasteiger charge is -2.20. The fourth-order valence-electron chi connectivity index (χ4n) is 1.53.